The number of rotatable bonds is 0. The van der Waals surface area contributed by atoms with Crippen molar-refractivity contribution in [1.82, 2.24) is 4.90 Å². The van der Waals surface area contributed by atoms with Crippen molar-refractivity contribution >= 4 is 6.09 Å². The van der Waals surface area contributed by atoms with Crippen LogP contribution in [0.4, 0.5) is 4.79 Å². The minimum absolute atomic E-state index is 0.0162. The molecule has 1 heterocycles. The van der Waals surface area contributed by atoms with E-state index in [1.807, 2.05) is 6.92 Å². The van der Waals surface area contributed by atoms with Gasteiger partial charge in [-0.05, 0) is 13.3 Å². The number of hydrogen-bond acceptors (Lipinski definition) is 2. The number of amides is 1. The van der Waals surface area contributed by atoms with Gasteiger partial charge >= 0.3 is 6.09 Å². The molecule has 0 aromatic heterocycles. The van der Waals surface area contributed by atoms with E-state index in [1.165, 1.54) is 4.90 Å². The maximum atomic E-state index is 10.4. The number of carbonyl (C=O) groups is 1. The Morgan fingerprint density at radius 1 is 1.80 bits per heavy atom. The molecule has 1 fully saturated rings. The Bertz CT molecular complexity index is 149. The van der Waals surface area contributed by atoms with Gasteiger partial charge in [-0.2, -0.15) is 0 Å². The summed E-state index contributed by atoms with van der Waals surface area (Å²) in [7, 11) is 0. The van der Waals surface area contributed by atoms with Crippen LogP contribution < -0.4 is 5.73 Å². The molecule has 1 amide bonds. The molecule has 1 aliphatic heterocycles. The molecule has 4 nitrogen and oxygen atoms in total. The van der Waals surface area contributed by atoms with Gasteiger partial charge in [0.2, 0.25) is 0 Å². The predicted molar refractivity (Wildman–Crippen MR) is 36.8 cm³/mol. The van der Waals surface area contributed by atoms with Crippen LogP contribution in [-0.2, 0) is 0 Å². The second kappa shape index (κ2) is 2.46. The van der Waals surface area contributed by atoms with E-state index < -0.39 is 6.09 Å². The van der Waals surface area contributed by atoms with Crippen LogP contribution in [0.15, 0.2) is 0 Å². The summed E-state index contributed by atoms with van der Waals surface area (Å²) in [6, 6.07) is 0.00796. The predicted octanol–water partition coefficient (Wildman–Crippen LogP) is 0.0859. The first-order valence-corrected chi connectivity index (χ1v) is 3.38. The molecule has 0 bridgehead atoms. The Morgan fingerprint density at radius 3 is 2.60 bits per heavy atom. The largest absolute Gasteiger partial charge is 0.465 e. The molecule has 0 spiro atoms. The molecule has 10 heavy (non-hydrogen) atoms. The lowest BCUT2D eigenvalue weighted by Gasteiger charge is -2.18. The van der Waals surface area contributed by atoms with Gasteiger partial charge in [0.1, 0.15) is 0 Å². The zero-order chi connectivity index (χ0) is 7.72. The minimum Gasteiger partial charge on any atom is -0.465 e. The molecular formula is C6H12N2O2. The lowest BCUT2D eigenvalue weighted by molar-refractivity contribution is 0.142. The van der Waals surface area contributed by atoms with Gasteiger partial charge < -0.3 is 15.7 Å². The molecule has 1 rings (SSSR count). The van der Waals surface area contributed by atoms with Gasteiger partial charge in [-0.3, -0.25) is 0 Å². The number of hydrogen-bond donors (Lipinski definition) is 2. The fourth-order valence-electron chi connectivity index (χ4n) is 1.23. The van der Waals surface area contributed by atoms with E-state index in [1.54, 1.807) is 0 Å². The molecule has 0 unspecified atom stereocenters. The summed E-state index contributed by atoms with van der Waals surface area (Å²) in [5.74, 6) is 0. The molecule has 0 saturated carbocycles. The third kappa shape index (κ3) is 1.07. The molecule has 0 aliphatic carbocycles. The molecule has 1 saturated heterocycles. The SMILES string of the molecule is C[C@H]1[C@@H](N)CCN1C(=O)O. The Morgan fingerprint density at radius 2 is 2.40 bits per heavy atom. The maximum Gasteiger partial charge on any atom is 0.407 e. The van der Waals surface area contributed by atoms with Crippen molar-refractivity contribution in [3.05, 3.63) is 0 Å². The number of nitrogens with two attached hydrogens (primary N) is 1. The van der Waals surface area contributed by atoms with Crippen LogP contribution in [0.3, 0.4) is 0 Å². The van der Waals surface area contributed by atoms with Crippen molar-refractivity contribution in [2.75, 3.05) is 6.54 Å². The van der Waals surface area contributed by atoms with E-state index in [-0.39, 0.29) is 12.1 Å². The normalized spacial score (nSPS) is 32.8. The number of carboxylic acid groups (broad SMARTS) is 1. The second-order valence-corrected chi connectivity index (χ2v) is 2.67. The van der Waals surface area contributed by atoms with Crippen molar-refractivity contribution in [2.24, 2.45) is 5.73 Å². The second-order valence-electron chi connectivity index (χ2n) is 2.67. The van der Waals surface area contributed by atoms with Crippen molar-refractivity contribution in [3.63, 3.8) is 0 Å². The van der Waals surface area contributed by atoms with Gasteiger partial charge in [-0.15, -0.1) is 0 Å². The van der Waals surface area contributed by atoms with E-state index in [0.717, 1.165) is 6.42 Å². The van der Waals surface area contributed by atoms with Gasteiger partial charge in [0.05, 0.1) is 0 Å². The molecular weight excluding hydrogens is 132 g/mol. The van der Waals surface area contributed by atoms with Crippen LogP contribution in [-0.4, -0.2) is 34.7 Å². The van der Waals surface area contributed by atoms with Gasteiger partial charge in [-0.1, -0.05) is 0 Å². The summed E-state index contributed by atoms with van der Waals surface area (Å²) >= 11 is 0. The lowest BCUT2D eigenvalue weighted by Crippen LogP contribution is -2.39. The highest BCUT2D eigenvalue weighted by atomic mass is 16.4. The monoisotopic (exact) mass is 144 g/mol. The maximum absolute atomic E-state index is 10.4. The van der Waals surface area contributed by atoms with Crippen LogP contribution in [0.2, 0.25) is 0 Å². The summed E-state index contributed by atoms with van der Waals surface area (Å²) in [5.41, 5.74) is 5.60. The standard InChI is InChI=1S/C6H12N2O2/c1-4-5(7)2-3-8(4)6(9)10/h4-5H,2-3,7H2,1H3,(H,9,10)/t4-,5-/m0/s1. The van der Waals surface area contributed by atoms with E-state index in [9.17, 15) is 4.79 Å². The minimum atomic E-state index is -0.861. The van der Waals surface area contributed by atoms with Gasteiger partial charge in [0.25, 0.3) is 0 Å². The fraction of sp³-hybridized carbons (Fsp3) is 0.833. The third-order valence-electron chi connectivity index (χ3n) is 2.06. The fourth-order valence-corrected chi connectivity index (χ4v) is 1.23. The van der Waals surface area contributed by atoms with Gasteiger partial charge in [0.15, 0.2) is 0 Å². The number of likely N-dealkylation sites (tertiary alicyclic amines) is 1. The van der Waals surface area contributed by atoms with Crippen LogP contribution in [0.1, 0.15) is 13.3 Å². The quantitative estimate of drug-likeness (QED) is 0.506. The van der Waals surface area contributed by atoms with E-state index in [0.29, 0.717) is 6.54 Å². The zero-order valence-electron chi connectivity index (χ0n) is 5.95. The first-order valence-electron chi connectivity index (χ1n) is 3.38. The lowest BCUT2D eigenvalue weighted by atomic mass is 10.2. The molecule has 4 heteroatoms. The highest BCUT2D eigenvalue weighted by Crippen LogP contribution is 2.14. The first-order chi connectivity index (χ1) is 4.63. The average molecular weight is 144 g/mol. The molecule has 1 aliphatic rings. The van der Waals surface area contributed by atoms with E-state index >= 15 is 0 Å². The van der Waals surface area contributed by atoms with Crippen LogP contribution in [0.25, 0.3) is 0 Å². The van der Waals surface area contributed by atoms with E-state index in [4.69, 9.17) is 10.8 Å². The van der Waals surface area contributed by atoms with Crippen LogP contribution in [0.5, 0.6) is 0 Å². The molecule has 3 N–H and O–H groups in total. The Kier molecular flexibility index (Phi) is 1.80. The highest BCUT2D eigenvalue weighted by molar-refractivity contribution is 5.65. The Hall–Kier alpha value is -0.770. The van der Waals surface area contributed by atoms with Crippen LogP contribution >= 0.6 is 0 Å². The van der Waals surface area contributed by atoms with Gasteiger partial charge in [0, 0.05) is 18.6 Å². The summed E-state index contributed by atoms with van der Waals surface area (Å²) in [6.07, 6.45) is -0.0755. The van der Waals surface area contributed by atoms with Crippen molar-refractivity contribution < 1.29 is 9.90 Å². The Labute approximate surface area is 59.6 Å². The molecule has 0 aromatic carbocycles. The molecule has 0 radical (unpaired) electrons. The smallest absolute Gasteiger partial charge is 0.407 e. The van der Waals surface area contributed by atoms with Gasteiger partial charge in [-0.25, -0.2) is 4.79 Å². The molecule has 58 valence electrons. The summed E-state index contributed by atoms with van der Waals surface area (Å²) in [4.78, 5) is 11.8. The van der Waals surface area contributed by atoms with Crippen molar-refractivity contribution in [3.8, 4) is 0 Å². The molecule has 0 aromatic rings. The van der Waals surface area contributed by atoms with E-state index in [2.05, 4.69) is 0 Å². The van der Waals surface area contributed by atoms with Crippen molar-refractivity contribution in [1.29, 1.82) is 0 Å². The Balaban J connectivity index is 2.57. The first kappa shape index (κ1) is 7.34. The number of nitrogens with zero attached hydrogens (tertiary/aromatic N) is 1. The summed E-state index contributed by atoms with van der Waals surface area (Å²) in [6.45, 7) is 2.42. The average Bonchev–Trinajstić information content (AvgIpc) is 2.14. The zero-order valence-corrected chi connectivity index (χ0v) is 5.95. The topological polar surface area (TPSA) is 66.6 Å². The third-order valence-corrected chi connectivity index (χ3v) is 2.06. The van der Waals surface area contributed by atoms with Crippen LogP contribution in [0, 0.1) is 0 Å². The molecule has 2 atom stereocenters. The highest BCUT2D eigenvalue weighted by Gasteiger charge is 2.30. The van der Waals surface area contributed by atoms with Crippen molar-refractivity contribution in [2.45, 2.75) is 25.4 Å². The summed E-state index contributed by atoms with van der Waals surface area (Å²) < 4.78 is 0. The summed E-state index contributed by atoms with van der Waals surface area (Å²) in [5, 5.41) is 8.57.